The number of thiazole rings is 1. The Balaban J connectivity index is 1.78. The molecule has 0 aliphatic heterocycles. The van der Waals surface area contributed by atoms with Gasteiger partial charge in [-0.1, -0.05) is 6.92 Å². The Morgan fingerprint density at radius 1 is 1.40 bits per heavy atom. The van der Waals surface area contributed by atoms with Crippen molar-refractivity contribution in [2.24, 2.45) is 0 Å². The van der Waals surface area contributed by atoms with Gasteiger partial charge in [-0.25, -0.2) is 4.98 Å². The van der Waals surface area contributed by atoms with Crippen molar-refractivity contribution >= 4 is 27.8 Å². The van der Waals surface area contributed by atoms with Crippen LogP contribution in [-0.2, 0) is 12.8 Å². The van der Waals surface area contributed by atoms with E-state index >= 15 is 0 Å². The number of thiophene rings is 1. The van der Waals surface area contributed by atoms with Gasteiger partial charge in [0.25, 0.3) is 0 Å². The molecule has 2 aromatic rings. The van der Waals surface area contributed by atoms with E-state index in [9.17, 15) is 0 Å². The average Bonchev–Trinajstić information content (AvgIpc) is 2.88. The van der Waals surface area contributed by atoms with Crippen LogP contribution in [0.15, 0.2) is 22.2 Å². The maximum Gasteiger partial charge on any atom is 0.182 e. The molecule has 4 heteroatoms. The molecule has 0 amide bonds. The number of aromatic nitrogens is 1. The maximum atomic E-state index is 4.46. The van der Waals surface area contributed by atoms with Crippen molar-refractivity contribution in [3.8, 4) is 0 Å². The summed E-state index contributed by atoms with van der Waals surface area (Å²) in [5, 5.41) is 10.8. The zero-order chi connectivity index (χ0) is 10.5. The standard InChI is InChI=1S/C11H14N2S2/c1-2-10-8-15-11(13-10)12-5-3-9-4-6-14-7-9/h4,6-8H,2-3,5H2,1H3,(H,12,13). The molecule has 0 aromatic carbocycles. The summed E-state index contributed by atoms with van der Waals surface area (Å²) in [5.41, 5.74) is 2.58. The van der Waals surface area contributed by atoms with Crippen LogP contribution < -0.4 is 5.32 Å². The first-order chi connectivity index (χ1) is 7.38. The molecule has 0 unspecified atom stereocenters. The number of rotatable bonds is 5. The largest absolute Gasteiger partial charge is 0.361 e. The number of anilines is 1. The monoisotopic (exact) mass is 238 g/mol. The summed E-state index contributed by atoms with van der Waals surface area (Å²) in [6.45, 7) is 3.09. The molecule has 0 aliphatic rings. The lowest BCUT2D eigenvalue weighted by molar-refractivity contribution is 1.01. The van der Waals surface area contributed by atoms with Gasteiger partial charge >= 0.3 is 0 Å². The molecule has 0 atom stereocenters. The van der Waals surface area contributed by atoms with E-state index in [-0.39, 0.29) is 0 Å². The Labute approximate surface area is 98.0 Å². The van der Waals surface area contributed by atoms with Gasteiger partial charge in [0.2, 0.25) is 0 Å². The third-order valence-corrected chi connectivity index (χ3v) is 3.76. The Hall–Kier alpha value is -0.870. The van der Waals surface area contributed by atoms with E-state index in [0.717, 1.165) is 24.5 Å². The highest BCUT2D eigenvalue weighted by Crippen LogP contribution is 2.15. The molecular formula is C11H14N2S2. The summed E-state index contributed by atoms with van der Waals surface area (Å²) in [6, 6.07) is 2.17. The number of aryl methyl sites for hydroxylation is 1. The Bertz CT molecular complexity index is 392. The minimum atomic E-state index is 0.966. The Morgan fingerprint density at radius 3 is 3.00 bits per heavy atom. The van der Waals surface area contributed by atoms with Crippen molar-refractivity contribution < 1.29 is 0 Å². The fourth-order valence-corrected chi connectivity index (χ4v) is 2.82. The smallest absolute Gasteiger partial charge is 0.182 e. The summed E-state index contributed by atoms with van der Waals surface area (Å²) in [4.78, 5) is 4.46. The minimum Gasteiger partial charge on any atom is -0.361 e. The molecule has 2 heterocycles. The fourth-order valence-electron chi connectivity index (χ4n) is 1.30. The molecular weight excluding hydrogens is 224 g/mol. The highest BCUT2D eigenvalue weighted by atomic mass is 32.1. The number of hydrogen-bond acceptors (Lipinski definition) is 4. The highest BCUT2D eigenvalue weighted by molar-refractivity contribution is 7.13. The average molecular weight is 238 g/mol. The van der Waals surface area contributed by atoms with Crippen molar-refractivity contribution in [2.75, 3.05) is 11.9 Å². The molecule has 0 saturated heterocycles. The molecule has 0 spiro atoms. The van der Waals surface area contributed by atoms with Crippen LogP contribution >= 0.6 is 22.7 Å². The number of hydrogen-bond donors (Lipinski definition) is 1. The summed E-state index contributed by atoms with van der Waals surface area (Å²) >= 11 is 3.44. The summed E-state index contributed by atoms with van der Waals surface area (Å²) < 4.78 is 0. The van der Waals surface area contributed by atoms with E-state index in [4.69, 9.17) is 0 Å². The fraction of sp³-hybridized carbons (Fsp3) is 0.364. The summed E-state index contributed by atoms with van der Waals surface area (Å²) in [7, 11) is 0. The minimum absolute atomic E-state index is 0.966. The van der Waals surface area contributed by atoms with Crippen LogP contribution in [0.25, 0.3) is 0 Å². The highest BCUT2D eigenvalue weighted by Gasteiger charge is 1.99. The second-order valence-electron chi connectivity index (χ2n) is 3.31. The van der Waals surface area contributed by atoms with Crippen LogP contribution in [-0.4, -0.2) is 11.5 Å². The molecule has 0 aliphatic carbocycles. The molecule has 2 rings (SSSR count). The number of nitrogens with one attached hydrogen (secondary N) is 1. The molecule has 0 fully saturated rings. The summed E-state index contributed by atoms with van der Waals surface area (Å²) in [6.07, 6.45) is 2.09. The van der Waals surface area contributed by atoms with Gasteiger partial charge in [-0.2, -0.15) is 11.3 Å². The van der Waals surface area contributed by atoms with Gasteiger partial charge in [-0.3, -0.25) is 0 Å². The third-order valence-electron chi connectivity index (χ3n) is 2.18. The summed E-state index contributed by atoms with van der Waals surface area (Å²) in [5.74, 6) is 0. The first-order valence-electron chi connectivity index (χ1n) is 5.08. The van der Waals surface area contributed by atoms with Crippen molar-refractivity contribution in [3.05, 3.63) is 33.5 Å². The van der Waals surface area contributed by atoms with Gasteiger partial charge < -0.3 is 5.32 Å². The maximum absolute atomic E-state index is 4.46. The van der Waals surface area contributed by atoms with Gasteiger partial charge in [-0.15, -0.1) is 11.3 Å². The quantitative estimate of drug-likeness (QED) is 0.863. The molecule has 2 aromatic heterocycles. The second kappa shape index (κ2) is 5.28. The van der Waals surface area contributed by atoms with E-state index in [1.807, 2.05) is 0 Å². The van der Waals surface area contributed by atoms with E-state index < -0.39 is 0 Å². The lowest BCUT2D eigenvalue weighted by atomic mass is 10.2. The molecule has 0 radical (unpaired) electrons. The SMILES string of the molecule is CCc1csc(NCCc2ccsc2)n1. The molecule has 15 heavy (non-hydrogen) atoms. The molecule has 1 N–H and O–H groups in total. The van der Waals surface area contributed by atoms with Crippen LogP contribution in [0.3, 0.4) is 0 Å². The molecule has 80 valence electrons. The van der Waals surface area contributed by atoms with Crippen LogP contribution in [0.4, 0.5) is 5.13 Å². The van der Waals surface area contributed by atoms with Crippen molar-refractivity contribution in [1.82, 2.24) is 4.98 Å². The first kappa shape index (κ1) is 10.6. The molecule has 0 bridgehead atoms. The van der Waals surface area contributed by atoms with E-state index in [1.165, 1.54) is 11.3 Å². The van der Waals surface area contributed by atoms with E-state index in [2.05, 4.69) is 39.4 Å². The van der Waals surface area contributed by atoms with Gasteiger partial charge in [0.1, 0.15) is 0 Å². The molecule has 0 saturated carbocycles. The van der Waals surface area contributed by atoms with Gasteiger partial charge in [0.15, 0.2) is 5.13 Å². The van der Waals surface area contributed by atoms with Crippen LogP contribution in [0, 0.1) is 0 Å². The van der Waals surface area contributed by atoms with Crippen LogP contribution in [0.1, 0.15) is 18.2 Å². The van der Waals surface area contributed by atoms with E-state index in [1.54, 1.807) is 22.7 Å². The molecule has 2 nitrogen and oxygen atoms in total. The predicted molar refractivity (Wildman–Crippen MR) is 68.0 cm³/mol. The van der Waals surface area contributed by atoms with Gasteiger partial charge in [0.05, 0.1) is 5.69 Å². The zero-order valence-electron chi connectivity index (χ0n) is 8.69. The van der Waals surface area contributed by atoms with Gasteiger partial charge in [-0.05, 0) is 35.2 Å². The van der Waals surface area contributed by atoms with Crippen molar-refractivity contribution in [1.29, 1.82) is 0 Å². The first-order valence-corrected chi connectivity index (χ1v) is 6.90. The van der Waals surface area contributed by atoms with Gasteiger partial charge in [0, 0.05) is 11.9 Å². The van der Waals surface area contributed by atoms with Crippen LogP contribution in [0.2, 0.25) is 0 Å². The Morgan fingerprint density at radius 2 is 2.33 bits per heavy atom. The van der Waals surface area contributed by atoms with Crippen molar-refractivity contribution in [3.63, 3.8) is 0 Å². The number of nitrogens with zero attached hydrogens (tertiary/aromatic N) is 1. The van der Waals surface area contributed by atoms with E-state index in [0.29, 0.717) is 0 Å². The zero-order valence-corrected chi connectivity index (χ0v) is 10.3. The second-order valence-corrected chi connectivity index (χ2v) is 4.94. The van der Waals surface area contributed by atoms with Crippen LogP contribution in [0.5, 0.6) is 0 Å². The lowest BCUT2D eigenvalue weighted by Gasteiger charge is -2.00. The van der Waals surface area contributed by atoms with Crippen molar-refractivity contribution in [2.45, 2.75) is 19.8 Å². The third kappa shape index (κ3) is 3.04. The Kier molecular flexibility index (Phi) is 3.75. The lowest BCUT2D eigenvalue weighted by Crippen LogP contribution is -2.03. The topological polar surface area (TPSA) is 24.9 Å². The normalized spacial score (nSPS) is 10.5. The predicted octanol–water partition coefficient (Wildman–Crippen LogP) is 3.42.